The van der Waals surface area contributed by atoms with E-state index < -0.39 is 0 Å². The van der Waals surface area contributed by atoms with Crippen molar-refractivity contribution in [3.63, 3.8) is 0 Å². The lowest BCUT2D eigenvalue weighted by Gasteiger charge is -2.14. The van der Waals surface area contributed by atoms with E-state index in [9.17, 15) is 4.79 Å². The molecule has 1 unspecified atom stereocenters. The molecule has 2 aromatic rings. The van der Waals surface area contributed by atoms with Crippen LogP contribution in [0.2, 0.25) is 0 Å². The molecular weight excluding hydrogens is 360 g/mol. The van der Waals surface area contributed by atoms with Crippen LogP contribution in [0.4, 0.5) is 0 Å². The lowest BCUT2D eigenvalue weighted by molar-refractivity contribution is 0.0935. The predicted molar refractivity (Wildman–Crippen MR) is 78.5 cm³/mol. The fourth-order valence-corrected chi connectivity index (χ4v) is 2.39. The minimum Gasteiger partial charge on any atom is -0.356 e. The first-order chi connectivity index (χ1) is 8.56. The molecular formula is C13H12Br2N2O. The molecule has 0 spiro atoms. The summed E-state index contributed by atoms with van der Waals surface area (Å²) in [5, 5.41) is 2.94. The number of amides is 1. The van der Waals surface area contributed by atoms with Crippen molar-refractivity contribution in [1.29, 1.82) is 0 Å². The van der Waals surface area contributed by atoms with Crippen LogP contribution in [-0.4, -0.2) is 10.9 Å². The molecule has 0 aliphatic carbocycles. The molecule has 1 aromatic carbocycles. The van der Waals surface area contributed by atoms with E-state index in [-0.39, 0.29) is 11.9 Å². The van der Waals surface area contributed by atoms with Gasteiger partial charge in [-0.25, -0.2) is 0 Å². The van der Waals surface area contributed by atoms with E-state index in [1.54, 1.807) is 12.3 Å². The van der Waals surface area contributed by atoms with Crippen molar-refractivity contribution in [3.8, 4) is 0 Å². The fourth-order valence-electron chi connectivity index (χ4n) is 1.63. The predicted octanol–water partition coefficient (Wildman–Crippen LogP) is 4.03. The molecule has 1 aromatic heterocycles. The number of aromatic nitrogens is 1. The number of aromatic amines is 1. The van der Waals surface area contributed by atoms with Crippen LogP contribution in [0.5, 0.6) is 0 Å². The van der Waals surface area contributed by atoms with Crippen LogP contribution in [0.15, 0.2) is 45.5 Å². The highest BCUT2D eigenvalue weighted by atomic mass is 79.9. The third-order valence-electron chi connectivity index (χ3n) is 2.59. The number of hydrogen-bond donors (Lipinski definition) is 2. The summed E-state index contributed by atoms with van der Waals surface area (Å²) in [6.07, 6.45) is 1.73. The van der Waals surface area contributed by atoms with Gasteiger partial charge in [-0.05, 0) is 46.6 Å². The zero-order valence-electron chi connectivity index (χ0n) is 9.71. The number of nitrogens with one attached hydrogen (secondary N) is 2. The Labute approximate surface area is 122 Å². The highest BCUT2D eigenvalue weighted by molar-refractivity contribution is 9.10. The Bertz CT molecular complexity index is 566. The summed E-state index contributed by atoms with van der Waals surface area (Å²) >= 11 is 6.72. The van der Waals surface area contributed by atoms with Gasteiger partial charge in [0.2, 0.25) is 0 Å². The van der Waals surface area contributed by atoms with Gasteiger partial charge in [0.15, 0.2) is 0 Å². The Morgan fingerprint density at radius 2 is 2.06 bits per heavy atom. The zero-order valence-corrected chi connectivity index (χ0v) is 12.9. The summed E-state index contributed by atoms with van der Waals surface area (Å²) in [6, 6.07) is 9.60. The molecule has 18 heavy (non-hydrogen) atoms. The van der Waals surface area contributed by atoms with Crippen molar-refractivity contribution in [1.82, 2.24) is 10.3 Å². The normalized spacial score (nSPS) is 12.2. The van der Waals surface area contributed by atoms with Crippen molar-refractivity contribution in [2.45, 2.75) is 13.0 Å². The van der Waals surface area contributed by atoms with E-state index in [2.05, 4.69) is 42.2 Å². The van der Waals surface area contributed by atoms with E-state index in [1.807, 2.05) is 31.2 Å². The third-order valence-corrected chi connectivity index (χ3v) is 3.54. The molecule has 0 saturated carbocycles. The number of halogens is 2. The summed E-state index contributed by atoms with van der Waals surface area (Å²) < 4.78 is 1.87. The first kappa shape index (κ1) is 13.4. The average molecular weight is 372 g/mol. The highest BCUT2D eigenvalue weighted by Gasteiger charge is 2.12. The molecule has 2 N–H and O–H groups in total. The molecule has 0 radical (unpaired) electrons. The lowest BCUT2D eigenvalue weighted by Crippen LogP contribution is -2.26. The van der Waals surface area contributed by atoms with Crippen molar-refractivity contribution in [2.75, 3.05) is 0 Å². The maximum atomic E-state index is 12.0. The second-order valence-electron chi connectivity index (χ2n) is 3.98. The van der Waals surface area contributed by atoms with Gasteiger partial charge in [-0.3, -0.25) is 4.79 Å². The largest absolute Gasteiger partial charge is 0.356 e. The third kappa shape index (κ3) is 3.23. The van der Waals surface area contributed by atoms with E-state index in [1.165, 1.54) is 0 Å². The average Bonchev–Trinajstić information content (AvgIpc) is 2.76. The molecule has 94 valence electrons. The molecule has 0 bridgehead atoms. The second-order valence-corrected chi connectivity index (χ2v) is 5.81. The van der Waals surface area contributed by atoms with Crippen LogP contribution >= 0.6 is 31.9 Å². The topological polar surface area (TPSA) is 44.9 Å². The monoisotopic (exact) mass is 370 g/mol. The fraction of sp³-hybridized carbons (Fsp3) is 0.154. The summed E-state index contributed by atoms with van der Waals surface area (Å²) in [5.41, 5.74) is 1.60. The molecule has 2 rings (SSSR count). The Morgan fingerprint density at radius 1 is 1.28 bits per heavy atom. The quantitative estimate of drug-likeness (QED) is 0.840. The Balaban J connectivity index is 2.07. The highest BCUT2D eigenvalue weighted by Crippen LogP contribution is 2.18. The van der Waals surface area contributed by atoms with Crippen molar-refractivity contribution in [3.05, 3.63) is 56.7 Å². The molecule has 1 amide bonds. The summed E-state index contributed by atoms with van der Waals surface area (Å²) in [7, 11) is 0. The zero-order chi connectivity index (χ0) is 13.1. The molecule has 0 aliphatic rings. The van der Waals surface area contributed by atoms with Crippen LogP contribution in [-0.2, 0) is 0 Å². The van der Waals surface area contributed by atoms with E-state index in [0.717, 1.165) is 14.5 Å². The first-order valence-corrected chi connectivity index (χ1v) is 7.05. The lowest BCUT2D eigenvalue weighted by atomic mass is 10.1. The van der Waals surface area contributed by atoms with Gasteiger partial charge in [-0.1, -0.05) is 28.1 Å². The maximum absolute atomic E-state index is 12.0. The van der Waals surface area contributed by atoms with Gasteiger partial charge < -0.3 is 10.3 Å². The number of carbonyl (C=O) groups is 1. The molecule has 0 fully saturated rings. The Kier molecular flexibility index (Phi) is 4.24. The van der Waals surface area contributed by atoms with Crippen molar-refractivity contribution in [2.24, 2.45) is 0 Å². The Morgan fingerprint density at radius 3 is 2.67 bits per heavy atom. The first-order valence-electron chi connectivity index (χ1n) is 5.46. The summed E-state index contributed by atoms with van der Waals surface area (Å²) in [6.45, 7) is 1.96. The van der Waals surface area contributed by atoms with E-state index in [4.69, 9.17) is 0 Å². The number of benzene rings is 1. The van der Waals surface area contributed by atoms with Crippen molar-refractivity contribution >= 4 is 37.8 Å². The summed E-state index contributed by atoms with van der Waals surface area (Å²) in [4.78, 5) is 14.9. The van der Waals surface area contributed by atoms with E-state index >= 15 is 0 Å². The van der Waals surface area contributed by atoms with Gasteiger partial charge in [0.05, 0.1) is 6.04 Å². The van der Waals surface area contributed by atoms with E-state index in [0.29, 0.717) is 5.69 Å². The van der Waals surface area contributed by atoms with Crippen LogP contribution in [0, 0.1) is 0 Å². The Hall–Kier alpha value is -1.07. The number of H-pyrrole nitrogens is 1. The number of rotatable bonds is 3. The van der Waals surface area contributed by atoms with Gasteiger partial charge in [0.1, 0.15) is 5.69 Å². The molecule has 0 aliphatic heterocycles. The number of carbonyl (C=O) groups excluding carboxylic acids is 1. The minimum atomic E-state index is -0.117. The second kappa shape index (κ2) is 5.71. The number of hydrogen-bond acceptors (Lipinski definition) is 1. The van der Waals surface area contributed by atoms with Crippen LogP contribution in [0.25, 0.3) is 0 Å². The van der Waals surface area contributed by atoms with Crippen LogP contribution < -0.4 is 5.32 Å². The van der Waals surface area contributed by atoms with Gasteiger partial charge >= 0.3 is 0 Å². The van der Waals surface area contributed by atoms with Crippen molar-refractivity contribution < 1.29 is 4.79 Å². The van der Waals surface area contributed by atoms with Gasteiger partial charge in [-0.15, -0.1) is 0 Å². The van der Waals surface area contributed by atoms with Crippen LogP contribution in [0.1, 0.15) is 29.0 Å². The smallest absolute Gasteiger partial charge is 0.268 e. The van der Waals surface area contributed by atoms with Crippen LogP contribution in [0.3, 0.4) is 0 Å². The molecule has 1 heterocycles. The standard InChI is InChI=1S/C13H12Br2N2O/c1-8(9-3-2-4-10(14)5-9)17-13(18)12-6-11(15)7-16-12/h2-8,16H,1H3,(H,17,18). The van der Waals surface area contributed by atoms with Gasteiger partial charge in [0, 0.05) is 15.1 Å². The van der Waals surface area contributed by atoms with Gasteiger partial charge in [-0.2, -0.15) is 0 Å². The molecule has 1 atom stereocenters. The molecule has 0 saturated heterocycles. The molecule has 5 heteroatoms. The van der Waals surface area contributed by atoms with Gasteiger partial charge in [0.25, 0.3) is 5.91 Å². The molecule has 3 nitrogen and oxygen atoms in total. The minimum absolute atomic E-state index is 0.0444. The SMILES string of the molecule is CC(NC(=O)c1cc(Br)c[nH]1)c1cccc(Br)c1. The maximum Gasteiger partial charge on any atom is 0.268 e. The summed E-state index contributed by atoms with van der Waals surface area (Å²) in [5.74, 6) is -0.117.